The number of methoxy groups -OCH3 is 1. The van der Waals surface area contributed by atoms with E-state index in [1.165, 1.54) is 7.11 Å². The Balaban J connectivity index is 1.72. The molecule has 8 heteroatoms. The molecule has 6 nitrogen and oxygen atoms in total. The molecule has 1 heterocycles. The summed E-state index contributed by atoms with van der Waals surface area (Å²) in [5, 5.41) is 0. The van der Waals surface area contributed by atoms with E-state index < -0.39 is 44.6 Å². The highest BCUT2D eigenvalue weighted by Crippen LogP contribution is 2.78. The molecule has 0 radical (unpaired) electrons. The number of carbonyl (C=O) groups is 2. The first-order chi connectivity index (χ1) is 15.5. The van der Waals surface area contributed by atoms with Gasteiger partial charge in [-0.3, -0.25) is 9.59 Å². The third-order valence-corrected chi connectivity index (χ3v) is 11.1. The summed E-state index contributed by atoms with van der Waals surface area (Å²) in [6, 6.07) is 0. The van der Waals surface area contributed by atoms with Gasteiger partial charge in [0, 0.05) is 18.3 Å². The van der Waals surface area contributed by atoms with E-state index in [0.717, 1.165) is 5.57 Å². The molecule has 0 aromatic rings. The third-order valence-electron chi connectivity index (χ3n) is 9.17. The van der Waals surface area contributed by atoms with E-state index in [4.69, 9.17) is 18.3 Å². The standard InChI is InChI=1S/C26H40O6Si2/c1-16-14-24-15-26(16,32-34(7,8)9)18(31-33(4,5)6)13-17(24)25-12-10-11-23(2,22(28)30-25)20(25)19(24)21(27)29-3/h10-11,17-20H,1,12-15H2,2-9H3/t17?,18-,19+,20?,23?,24-,25+,26-/m0/s1. The van der Waals surface area contributed by atoms with Gasteiger partial charge in [-0.2, -0.15) is 0 Å². The van der Waals surface area contributed by atoms with Gasteiger partial charge in [-0.1, -0.05) is 18.7 Å². The predicted molar refractivity (Wildman–Crippen MR) is 134 cm³/mol. The lowest BCUT2D eigenvalue weighted by Crippen LogP contribution is -2.60. The van der Waals surface area contributed by atoms with Crippen molar-refractivity contribution in [1.82, 2.24) is 0 Å². The van der Waals surface area contributed by atoms with Gasteiger partial charge >= 0.3 is 11.9 Å². The maximum atomic E-state index is 13.6. The number of fused-ring (bicyclic) bond motifs is 1. The first kappa shape index (κ1) is 24.5. The normalized spacial score (nSPS) is 46.8. The van der Waals surface area contributed by atoms with Crippen molar-refractivity contribution in [3.8, 4) is 0 Å². The zero-order valence-corrected chi connectivity index (χ0v) is 23.9. The van der Waals surface area contributed by atoms with Crippen molar-refractivity contribution in [2.45, 2.75) is 89.2 Å². The monoisotopic (exact) mass is 504 g/mol. The molecule has 0 aromatic carbocycles. The second-order valence-corrected chi connectivity index (χ2v) is 22.4. The zero-order chi connectivity index (χ0) is 25.1. The quantitative estimate of drug-likeness (QED) is 0.303. The molecule has 4 bridgehead atoms. The lowest BCUT2D eigenvalue weighted by molar-refractivity contribution is -0.168. The van der Waals surface area contributed by atoms with Crippen molar-refractivity contribution in [3.05, 3.63) is 24.3 Å². The zero-order valence-electron chi connectivity index (χ0n) is 21.9. The van der Waals surface area contributed by atoms with Gasteiger partial charge in [0.05, 0.1) is 24.5 Å². The molecule has 3 saturated carbocycles. The average molecular weight is 505 g/mol. The maximum Gasteiger partial charge on any atom is 0.316 e. The van der Waals surface area contributed by atoms with Gasteiger partial charge < -0.3 is 18.3 Å². The van der Waals surface area contributed by atoms with Crippen molar-refractivity contribution in [3.63, 3.8) is 0 Å². The highest BCUT2D eigenvalue weighted by atomic mass is 28.4. The van der Waals surface area contributed by atoms with E-state index in [0.29, 0.717) is 25.7 Å². The minimum absolute atomic E-state index is 0.0104. The Labute approximate surface area is 205 Å². The number of hydrogen-bond donors (Lipinski definition) is 0. The molecule has 8 atom stereocenters. The molecule has 34 heavy (non-hydrogen) atoms. The minimum Gasteiger partial charge on any atom is -0.469 e. The third kappa shape index (κ3) is 2.97. The van der Waals surface area contributed by atoms with E-state index in [2.05, 4.69) is 51.9 Å². The fourth-order valence-corrected chi connectivity index (χ4v) is 11.1. The van der Waals surface area contributed by atoms with E-state index in [1.54, 1.807) is 0 Å². The van der Waals surface area contributed by atoms with Crippen LogP contribution in [0.4, 0.5) is 0 Å². The maximum absolute atomic E-state index is 13.6. The van der Waals surface area contributed by atoms with Crippen LogP contribution in [-0.4, -0.2) is 53.0 Å². The van der Waals surface area contributed by atoms with Gasteiger partial charge in [-0.15, -0.1) is 0 Å². The molecule has 3 unspecified atom stereocenters. The molecule has 4 fully saturated rings. The summed E-state index contributed by atoms with van der Waals surface area (Å²) >= 11 is 0. The van der Waals surface area contributed by atoms with Gasteiger partial charge in [0.1, 0.15) is 11.2 Å². The number of rotatable bonds is 5. The summed E-state index contributed by atoms with van der Waals surface area (Å²) in [4.78, 5) is 26.8. The predicted octanol–water partition coefficient (Wildman–Crippen LogP) is 4.83. The SMILES string of the molecule is C=C1C[C@]23C[C@@]1(O[Si](C)(C)C)[C@@H](O[Si](C)(C)C)CC2[C@@]12CC=CC(C)(C(=O)O1)C2[C@@H]3C(=O)OC. The number of hydrogen-bond acceptors (Lipinski definition) is 6. The van der Waals surface area contributed by atoms with Gasteiger partial charge in [0.25, 0.3) is 0 Å². The minimum atomic E-state index is -2.00. The van der Waals surface area contributed by atoms with Gasteiger partial charge in [0.15, 0.2) is 16.6 Å². The Morgan fingerprint density at radius 3 is 2.44 bits per heavy atom. The number of carbonyl (C=O) groups excluding carboxylic acids is 2. The van der Waals surface area contributed by atoms with Gasteiger partial charge in [-0.05, 0) is 76.5 Å². The highest BCUT2D eigenvalue weighted by molar-refractivity contribution is 6.70. The van der Waals surface area contributed by atoms with Crippen LogP contribution >= 0.6 is 0 Å². The molecular weight excluding hydrogens is 464 g/mol. The molecule has 5 rings (SSSR count). The summed E-state index contributed by atoms with van der Waals surface area (Å²) in [5.74, 6) is -1.16. The first-order valence-corrected chi connectivity index (χ1v) is 19.4. The van der Waals surface area contributed by atoms with Crippen LogP contribution in [-0.2, 0) is 27.9 Å². The summed E-state index contributed by atoms with van der Waals surface area (Å²) in [7, 11) is -2.48. The fourth-order valence-electron chi connectivity index (χ4n) is 8.56. The Kier molecular flexibility index (Phi) is 5.01. The summed E-state index contributed by atoms with van der Waals surface area (Å²) in [6.07, 6.45) is 6.59. The molecule has 188 valence electrons. The highest BCUT2D eigenvalue weighted by Gasteiger charge is 2.84. The summed E-state index contributed by atoms with van der Waals surface area (Å²) in [5.41, 5.74) is -1.54. The smallest absolute Gasteiger partial charge is 0.316 e. The van der Waals surface area contributed by atoms with Crippen molar-refractivity contribution < 1.29 is 27.9 Å². The van der Waals surface area contributed by atoms with Crippen LogP contribution < -0.4 is 0 Å². The molecule has 1 saturated heterocycles. The first-order valence-electron chi connectivity index (χ1n) is 12.6. The van der Waals surface area contributed by atoms with Crippen molar-refractivity contribution in [2.75, 3.05) is 7.11 Å². The number of ether oxygens (including phenoxy) is 2. The van der Waals surface area contributed by atoms with Gasteiger partial charge in [0.2, 0.25) is 0 Å². The van der Waals surface area contributed by atoms with Crippen LogP contribution in [0.3, 0.4) is 0 Å². The topological polar surface area (TPSA) is 71.1 Å². The second-order valence-electron chi connectivity index (χ2n) is 13.5. The number of esters is 2. The van der Waals surface area contributed by atoms with E-state index >= 15 is 0 Å². The van der Waals surface area contributed by atoms with Crippen LogP contribution in [0, 0.1) is 28.6 Å². The Morgan fingerprint density at radius 2 is 1.85 bits per heavy atom. The molecule has 0 amide bonds. The molecule has 1 spiro atoms. The lowest BCUT2D eigenvalue weighted by atomic mass is 9.61. The lowest BCUT2D eigenvalue weighted by Gasteiger charge is -2.53. The Hall–Kier alpha value is -1.23. The second kappa shape index (κ2) is 6.96. The molecule has 0 N–H and O–H groups in total. The van der Waals surface area contributed by atoms with Crippen molar-refractivity contribution in [1.29, 1.82) is 0 Å². The van der Waals surface area contributed by atoms with E-state index in [-0.39, 0.29) is 29.9 Å². The van der Waals surface area contributed by atoms with Crippen molar-refractivity contribution >= 4 is 28.6 Å². The van der Waals surface area contributed by atoms with E-state index in [9.17, 15) is 9.59 Å². The average Bonchev–Trinajstić information content (AvgIpc) is 3.10. The molecule has 4 aliphatic carbocycles. The van der Waals surface area contributed by atoms with E-state index in [1.807, 2.05) is 13.0 Å². The molecular formula is C26H40O6Si2. The van der Waals surface area contributed by atoms with Crippen LogP contribution in [0.15, 0.2) is 24.3 Å². The molecule has 5 aliphatic rings. The summed E-state index contributed by atoms with van der Waals surface area (Å²) in [6.45, 7) is 19.7. The van der Waals surface area contributed by atoms with Crippen LogP contribution in [0.1, 0.15) is 32.6 Å². The molecule has 1 aliphatic heterocycles. The van der Waals surface area contributed by atoms with Crippen LogP contribution in [0.25, 0.3) is 0 Å². The summed E-state index contributed by atoms with van der Waals surface area (Å²) < 4.78 is 25.7. The largest absolute Gasteiger partial charge is 0.469 e. The van der Waals surface area contributed by atoms with Gasteiger partial charge in [-0.25, -0.2) is 0 Å². The fraction of sp³-hybridized carbons (Fsp3) is 0.769. The Bertz CT molecular complexity index is 994. The molecule has 0 aromatic heterocycles. The Morgan fingerprint density at radius 1 is 1.18 bits per heavy atom. The van der Waals surface area contributed by atoms with Crippen molar-refractivity contribution in [2.24, 2.45) is 28.6 Å². The van der Waals surface area contributed by atoms with Crippen LogP contribution in [0.2, 0.25) is 39.3 Å². The van der Waals surface area contributed by atoms with Crippen LogP contribution in [0.5, 0.6) is 0 Å².